The van der Waals surface area contributed by atoms with Crippen LogP contribution in [0.1, 0.15) is 26.7 Å². The highest BCUT2D eigenvalue weighted by molar-refractivity contribution is 4.90. The maximum Gasteiger partial charge on any atom is 0.0664 e. The van der Waals surface area contributed by atoms with Crippen molar-refractivity contribution in [2.75, 3.05) is 13.6 Å². The average Bonchev–Trinajstić information content (AvgIpc) is 2.88. The van der Waals surface area contributed by atoms with Gasteiger partial charge < -0.3 is 10.8 Å². The molecular weight excluding hydrogens is 164 g/mol. The molecule has 0 aliphatic heterocycles. The average molecular weight is 186 g/mol. The van der Waals surface area contributed by atoms with Gasteiger partial charge in [-0.1, -0.05) is 0 Å². The number of aliphatic hydroxyl groups is 1. The Bertz CT molecular complexity index is 157. The molecule has 0 bridgehead atoms. The molecule has 3 N–H and O–H groups in total. The van der Waals surface area contributed by atoms with Crippen molar-refractivity contribution in [2.45, 2.75) is 44.9 Å². The van der Waals surface area contributed by atoms with Gasteiger partial charge in [0.2, 0.25) is 0 Å². The topological polar surface area (TPSA) is 49.5 Å². The number of rotatable bonds is 5. The SMILES string of the molecule is CC(O)C(C)N(C)C(CN)C1CC1. The summed E-state index contributed by atoms with van der Waals surface area (Å²) in [5.41, 5.74) is 5.73. The molecule has 0 spiro atoms. The standard InChI is InChI=1S/C10H22N2O/c1-7(8(2)13)12(3)10(6-11)9-4-5-9/h7-10,13H,4-6,11H2,1-3H3. The van der Waals surface area contributed by atoms with Crippen LogP contribution >= 0.6 is 0 Å². The molecule has 0 radical (unpaired) electrons. The van der Waals surface area contributed by atoms with Crippen LogP contribution in [0.2, 0.25) is 0 Å². The van der Waals surface area contributed by atoms with E-state index in [1.165, 1.54) is 12.8 Å². The molecule has 0 aromatic carbocycles. The lowest BCUT2D eigenvalue weighted by Gasteiger charge is -2.34. The van der Waals surface area contributed by atoms with E-state index < -0.39 is 0 Å². The summed E-state index contributed by atoms with van der Waals surface area (Å²) in [6, 6.07) is 0.666. The lowest BCUT2D eigenvalue weighted by Crippen LogP contribution is -2.48. The highest BCUT2D eigenvalue weighted by atomic mass is 16.3. The zero-order chi connectivity index (χ0) is 10.0. The van der Waals surface area contributed by atoms with Crippen molar-refractivity contribution in [1.29, 1.82) is 0 Å². The van der Waals surface area contributed by atoms with Gasteiger partial charge in [0.15, 0.2) is 0 Å². The minimum Gasteiger partial charge on any atom is -0.392 e. The minimum absolute atomic E-state index is 0.203. The van der Waals surface area contributed by atoms with E-state index in [1.54, 1.807) is 0 Å². The van der Waals surface area contributed by atoms with Crippen molar-refractivity contribution in [3.63, 3.8) is 0 Å². The second kappa shape index (κ2) is 4.40. The Kier molecular flexibility index (Phi) is 3.71. The Morgan fingerprint density at radius 3 is 2.31 bits per heavy atom. The third-order valence-corrected chi connectivity index (χ3v) is 3.27. The number of hydrogen-bond donors (Lipinski definition) is 2. The van der Waals surface area contributed by atoms with E-state index in [1.807, 2.05) is 6.92 Å². The second-order valence-corrected chi connectivity index (χ2v) is 4.29. The van der Waals surface area contributed by atoms with Gasteiger partial charge in [0.1, 0.15) is 0 Å². The fourth-order valence-corrected chi connectivity index (χ4v) is 1.81. The molecule has 0 saturated heterocycles. The fraction of sp³-hybridized carbons (Fsp3) is 1.00. The molecule has 3 nitrogen and oxygen atoms in total. The van der Waals surface area contributed by atoms with E-state index in [-0.39, 0.29) is 12.1 Å². The fourth-order valence-electron chi connectivity index (χ4n) is 1.81. The number of nitrogens with two attached hydrogens (primary N) is 1. The van der Waals surface area contributed by atoms with Gasteiger partial charge in [0.25, 0.3) is 0 Å². The molecule has 0 heterocycles. The molecule has 1 aliphatic carbocycles. The summed E-state index contributed by atoms with van der Waals surface area (Å²) in [6.07, 6.45) is 2.33. The van der Waals surface area contributed by atoms with Gasteiger partial charge in [0, 0.05) is 18.6 Å². The van der Waals surface area contributed by atoms with Crippen LogP contribution in [0.15, 0.2) is 0 Å². The molecule has 1 fully saturated rings. The largest absolute Gasteiger partial charge is 0.392 e. The van der Waals surface area contributed by atoms with Gasteiger partial charge in [0.05, 0.1) is 6.10 Å². The molecule has 3 heteroatoms. The first-order chi connectivity index (χ1) is 6.07. The van der Waals surface area contributed by atoms with E-state index in [0.717, 1.165) is 5.92 Å². The Labute approximate surface area is 80.9 Å². The van der Waals surface area contributed by atoms with Crippen molar-refractivity contribution in [3.05, 3.63) is 0 Å². The van der Waals surface area contributed by atoms with Crippen molar-refractivity contribution >= 4 is 0 Å². The zero-order valence-corrected chi connectivity index (χ0v) is 8.90. The molecule has 13 heavy (non-hydrogen) atoms. The number of nitrogens with zero attached hydrogens (tertiary/aromatic N) is 1. The number of likely N-dealkylation sites (N-methyl/N-ethyl adjacent to an activating group) is 1. The molecule has 78 valence electrons. The van der Waals surface area contributed by atoms with E-state index in [9.17, 15) is 5.11 Å². The number of hydrogen-bond acceptors (Lipinski definition) is 3. The highest BCUT2D eigenvalue weighted by Gasteiger charge is 2.35. The van der Waals surface area contributed by atoms with Gasteiger partial charge in [-0.2, -0.15) is 0 Å². The van der Waals surface area contributed by atoms with Crippen LogP contribution in [0.3, 0.4) is 0 Å². The zero-order valence-electron chi connectivity index (χ0n) is 8.90. The Hall–Kier alpha value is -0.120. The predicted molar refractivity (Wildman–Crippen MR) is 54.5 cm³/mol. The summed E-state index contributed by atoms with van der Waals surface area (Å²) in [7, 11) is 2.06. The van der Waals surface area contributed by atoms with Crippen molar-refractivity contribution in [2.24, 2.45) is 11.7 Å². The first kappa shape index (κ1) is 11.0. The minimum atomic E-state index is -0.280. The molecule has 1 aliphatic rings. The quantitative estimate of drug-likeness (QED) is 0.654. The lowest BCUT2D eigenvalue weighted by atomic mass is 10.1. The van der Waals surface area contributed by atoms with Gasteiger partial charge in [-0.15, -0.1) is 0 Å². The first-order valence-corrected chi connectivity index (χ1v) is 5.18. The molecule has 1 rings (SSSR count). The molecular formula is C10H22N2O. The normalized spacial score (nSPS) is 24.5. The third kappa shape index (κ3) is 2.66. The van der Waals surface area contributed by atoms with Gasteiger partial charge in [-0.25, -0.2) is 0 Å². The van der Waals surface area contributed by atoms with E-state index >= 15 is 0 Å². The van der Waals surface area contributed by atoms with Crippen LogP contribution in [0, 0.1) is 5.92 Å². The summed E-state index contributed by atoms with van der Waals surface area (Å²) in [4.78, 5) is 2.22. The smallest absolute Gasteiger partial charge is 0.0664 e. The molecule has 0 aromatic rings. The first-order valence-electron chi connectivity index (χ1n) is 5.18. The van der Waals surface area contributed by atoms with Crippen LogP contribution in [0.25, 0.3) is 0 Å². The number of aliphatic hydroxyl groups excluding tert-OH is 1. The highest BCUT2D eigenvalue weighted by Crippen LogP contribution is 2.35. The predicted octanol–water partition coefficient (Wildman–Crippen LogP) is 0.425. The van der Waals surface area contributed by atoms with Crippen molar-refractivity contribution in [3.8, 4) is 0 Å². The maximum atomic E-state index is 9.46. The summed E-state index contributed by atoms with van der Waals surface area (Å²) in [6.45, 7) is 4.59. The molecule has 3 unspecified atom stereocenters. The molecule has 1 saturated carbocycles. The Balaban J connectivity index is 2.46. The van der Waals surface area contributed by atoms with Crippen LogP contribution in [-0.4, -0.2) is 41.8 Å². The van der Waals surface area contributed by atoms with Crippen LogP contribution < -0.4 is 5.73 Å². The second-order valence-electron chi connectivity index (χ2n) is 4.29. The van der Waals surface area contributed by atoms with Gasteiger partial charge in [-0.3, -0.25) is 4.90 Å². The Morgan fingerprint density at radius 1 is 1.46 bits per heavy atom. The van der Waals surface area contributed by atoms with E-state index in [4.69, 9.17) is 5.73 Å². The summed E-state index contributed by atoms with van der Waals surface area (Å²) in [5, 5.41) is 9.46. The maximum absolute atomic E-state index is 9.46. The van der Waals surface area contributed by atoms with Gasteiger partial charge >= 0.3 is 0 Å². The van der Waals surface area contributed by atoms with Crippen molar-refractivity contribution < 1.29 is 5.11 Å². The van der Waals surface area contributed by atoms with E-state index in [2.05, 4.69) is 18.9 Å². The molecule has 0 aromatic heterocycles. The summed E-state index contributed by atoms with van der Waals surface area (Å²) >= 11 is 0. The monoisotopic (exact) mass is 186 g/mol. The van der Waals surface area contributed by atoms with E-state index in [0.29, 0.717) is 12.6 Å². The molecule has 3 atom stereocenters. The summed E-state index contributed by atoms with van der Waals surface area (Å²) in [5.74, 6) is 0.774. The third-order valence-electron chi connectivity index (χ3n) is 3.27. The van der Waals surface area contributed by atoms with Gasteiger partial charge in [-0.05, 0) is 39.7 Å². The van der Waals surface area contributed by atoms with Crippen molar-refractivity contribution in [1.82, 2.24) is 4.90 Å². The van der Waals surface area contributed by atoms with Crippen LogP contribution in [0.4, 0.5) is 0 Å². The summed E-state index contributed by atoms with van der Waals surface area (Å²) < 4.78 is 0. The van der Waals surface area contributed by atoms with Crippen LogP contribution in [-0.2, 0) is 0 Å². The van der Waals surface area contributed by atoms with Crippen LogP contribution in [0.5, 0.6) is 0 Å². The Morgan fingerprint density at radius 2 is 2.00 bits per heavy atom. The lowest BCUT2D eigenvalue weighted by molar-refractivity contribution is 0.0572. The molecule has 0 amide bonds.